The van der Waals surface area contributed by atoms with E-state index in [1.165, 1.54) is 0 Å². The van der Waals surface area contributed by atoms with Crippen LogP contribution in [0.5, 0.6) is 0 Å². The molecule has 2 aliphatic rings. The van der Waals surface area contributed by atoms with E-state index in [1.807, 2.05) is 40.2 Å². The molecule has 1 amide bonds. The van der Waals surface area contributed by atoms with Crippen LogP contribution in [0.4, 0.5) is 0 Å². The van der Waals surface area contributed by atoms with Gasteiger partial charge in [-0.05, 0) is 37.5 Å². The summed E-state index contributed by atoms with van der Waals surface area (Å²) < 4.78 is 1.89. The lowest BCUT2D eigenvalue weighted by Gasteiger charge is -2.45. The van der Waals surface area contributed by atoms with Crippen molar-refractivity contribution in [2.75, 3.05) is 26.2 Å². The molecular weight excluding hydrogens is 302 g/mol. The second-order valence-corrected chi connectivity index (χ2v) is 6.73. The largest absolute Gasteiger partial charge is 0.340 e. The highest BCUT2D eigenvalue weighted by Crippen LogP contribution is 2.33. The van der Waals surface area contributed by atoms with E-state index in [0.717, 1.165) is 57.7 Å². The van der Waals surface area contributed by atoms with Crippen molar-refractivity contribution < 1.29 is 4.79 Å². The number of rotatable bonds is 4. The number of carbonyl (C=O) groups is 1. The van der Waals surface area contributed by atoms with Crippen LogP contribution in [0.1, 0.15) is 25.0 Å². The van der Waals surface area contributed by atoms with Crippen molar-refractivity contribution >= 4 is 5.91 Å². The molecule has 0 radical (unpaired) electrons. The fraction of sp³-hybridized carbons (Fsp3) is 0.500. The SMILES string of the molecule is O=C(N1CCC1)C1(n2cccn2)CCN(Cc2ccccn2)CC1. The van der Waals surface area contributed by atoms with Crippen LogP contribution < -0.4 is 0 Å². The second kappa shape index (κ2) is 6.36. The van der Waals surface area contributed by atoms with Gasteiger partial charge in [0.2, 0.25) is 0 Å². The van der Waals surface area contributed by atoms with Crippen LogP contribution in [0.2, 0.25) is 0 Å². The van der Waals surface area contributed by atoms with Gasteiger partial charge < -0.3 is 4.90 Å². The van der Waals surface area contributed by atoms with Crippen LogP contribution in [-0.4, -0.2) is 56.7 Å². The smallest absolute Gasteiger partial charge is 0.250 e. The van der Waals surface area contributed by atoms with Crippen molar-refractivity contribution in [3.63, 3.8) is 0 Å². The van der Waals surface area contributed by atoms with E-state index in [0.29, 0.717) is 0 Å². The summed E-state index contributed by atoms with van der Waals surface area (Å²) in [4.78, 5) is 21.9. The molecule has 2 aliphatic heterocycles. The molecule has 0 unspecified atom stereocenters. The van der Waals surface area contributed by atoms with Gasteiger partial charge in [0.1, 0.15) is 5.54 Å². The molecule has 2 aromatic heterocycles. The minimum Gasteiger partial charge on any atom is -0.340 e. The van der Waals surface area contributed by atoms with Crippen molar-refractivity contribution in [1.82, 2.24) is 24.6 Å². The third-order valence-electron chi connectivity index (χ3n) is 5.28. The highest BCUT2D eigenvalue weighted by Gasteiger charge is 2.46. The van der Waals surface area contributed by atoms with Gasteiger partial charge in [0.15, 0.2) is 0 Å². The van der Waals surface area contributed by atoms with E-state index in [9.17, 15) is 4.79 Å². The molecule has 0 aromatic carbocycles. The Labute approximate surface area is 142 Å². The van der Waals surface area contributed by atoms with Gasteiger partial charge in [0.05, 0.1) is 5.69 Å². The summed E-state index contributed by atoms with van der Waals surface area (Å²) >= 11 is 0. The predicted molar refractivity (Wildman–Crippen MR) is 90.1 cm³/mol. The zero-order chi connectivity index (χ0) is 16.4. The standard InChI is InChI=1S/C18H23N5O/c24-17(22-10-4-11-22)18(23-12-3-9-20-23)6-13-21(14-7-18)15-16-5-1-2-8-19-16/h1-3,5,8-9,12H,4,6-7,10-11,13-15H2. The Hall–Kier alpha value is -2.21. The fourth-order valence-electron chi connectivity index (χ4n) is 3.68. The number of hydrogen-bond acceptors (Lipinski definition) is 4. The van der Waals surface area contributed by atoms with E-state index in [-0.39, 0.29) is 5.91 Å². The number of piperidine rings is 1. The van der Waals surface area contributed by atoms with Gasteiger partial charge >= 0.3 is 0 Å². The van der Waals surface area contributed by atoms with Gasteiger partial charge in [-0.25, -0.2) is 0 Å². The third-order valence-corrected chi connectivity index (χ3v) is 5.28. The van der Waals surface area contributed by atoms with Crippen LogP contribution in [0.25, 0.3) is 0 Å². The van der Waals surface area contributed by atoms with Crippen molar-refractivity contribution in [2.24, 2.45) is 0 Å². The van der Waals surface area contributed by atoms with Gasteiger partial charge in [-0.1, -0.05) is 6.07 Å². The van der Waals surface area contributed by atoms with E-state index in [2.05, 4.69) is 21.0 Å². The van der Waals surface area contributed by atoms with Gasteiger partial charge in [0, 0.05) is 51.3 Å². The predicted octanol–water partition coefficient (Wildman–Crippen LogP) is 1.50. The van der Waals surface area contributed by atoms with Crippen LogP contribution in [0, 0.1) is 0 Å². The van der Waals surface area contributed by atoms with E-state index < -0.39 is 5.54 Å². The molecular formula is C18H23N5O. The van der Waals surface area contributed by atoms with Crippen molar-refractivity contribution in [1.29, 1.82) is 0 Å². The quantitative estimate of drug-likeness (QED) is 0.855. The number of hydrogen-bond donors (Lipinski definition) is 0. The molecule has 4 rings (SSSR count). The second-order valence-electron chi connectivity index (χ2n) is 6.73. The third kappa shape index (κ3) is 2.71. The summed E-state index contributed by atoms with van der Waals surface area (Å²) in [6.45, 7) is 4.39. The maximum atomic E-state index is 13.1. The minimum absolute atomic E-state index is 0.245. The number of nitrogens with zero attached hydrogens (tertiary/aromatic N) is 5. The zero-order valence-electron chi connectivity index (χ0n) is 13.8. The van der Waals surface area contributed by atoms with E-state index >= 15 is 0 Å². The highest BCUT2D eigenvalue weighted by atomic mass is 16.2. The number of pyridine rings is 1. The average molecular weight is 325 g/mol. The topological polar surface area (TPSA) is 54.3 Å². The summed E-state index contributed by atoms with van der Waals surface area (Å²) in [5.74, 6) is 0.245. The summed E-state index contributed by atoms with van der Waals surface area (Å²) in [5, 5.41) is 4.42. The van der Waals surface area contributed by atoms with Gasteiger partial charge in [0.25, 0.3) is 5.91 Å². The molecule has 4 heterocycles. The Morgan fingerprint density at radius 2 is 1.92 bits per heavy atom. The molecule has 126 valence electrons. The maximum absolute atomic E-state index is 13.1. The molecule has 24 heavy (non-hydrogen) atoms. The summed E-state index contributed by atoms with van der Waals surface area (Å²) in [5.41, 5.74) is 0.572. The van der Waals surface area contributed by atoms with Crippen LogP contribution in [-0.2, 0) is 16.9 Å². The zero-order valence-corrected chi connectivity index (χ0v) is 13.8. The maximum Gasteiger partial charge on any atom is 0.250 e. The lowest BCUT2D eigenvalue weighted by molar-refractivity contribution is -0.148. The molecule has 0 saturated carbocycles. The monoisotopic (exact) mass is 325 g/mol. The first-order valence-electron chi connectivity index (χ1n) is 8.70. The van der Waals surface area contributed by atoms with Gasteiger partial charge in [-0.2, -0.15) is 5.10 Å². The first-order chi connectivity index (χ1) is 11.8. The Balaban J connectivity index is 1.49. The molecule has 6 nitrogen and oxygen atoms in total. The summed E-state index contributed by atoms with van der Waals surface area (Å²) in [7, 11) is 0. The van der Waals surface area contributed by atoms with Crippen LogP contribution >= 0.6 is 0 Å². The van der Waals surface area contributed by atoms with Crippen molar-refractivity contribution in [2.45, 2.75) is 31.3 Å². The lowest BCUT2D eigenvalue weighted by Crippen LogP contribution is -2.59. The molecule has 2 aromatic rings. The Kier molecular flexibility index (Phi) is 4.06. The lowest BCUT2D eigenvalue weighted by atomic mass is 9.85. The van der Waals surface area contributed by atoms with Crippen LogP contribution in [0.15, 0.2) is 42.9 Å². The minimum atomic E-state index is -0.509. The first-order valence-corrected chi connectivity index (χ1v) is 8.70. The number of amides is 1. The molecule has 0 spiro atoms. The summed E-state index contributed by atoms with van der Waals surface area (Å²) in [6.07, 6.45) is 8.26. The highest BCUT2D eigenvalue weighted by molar-refractivity contribution is 5.85. The number of aromatic nitrogens is 3. The molecule has 6 heteroatoms. The first kappa shape index (κ1) is 15.3. The summed E-state index contributed by atoms with van der Waals surface area (Å²) in [6, 6.07) is 7.92. The molecule has 2 saturated heterocycles. The molecule has 0 atom stereocenters. The Bertz CT molecular complexity index is 673. The Morgan fingerprint density at radius 1 is 1.08 bits per heavy atom. The Morgan fingerprint density at radius 3 is 2.50 bits per heavy atom. The van der Waals surface area contributed by atoms with E-state index in [4.69, 9.17) is 0 Å². The fourth-order valence-corrected chi connectivity index (χ4v) is 3.68. The number of likely N-dealkylation sites (tertiary alicyclic amines) is 2. The van der Waals surface area contributed by atoms with Crippen molar-refractivity contribution in [3.05, 3.63) is 48.5 Å². The van der Waals surface area contributed by atoms with Crippen molar-refractivity contribution in [3.8, 4) is 0 Å². The number of carbonyl (C=O) groups excluding carboxylic acids is 1. The normalized spacial score (nSPS) is 20.6. The molecule has 0 bridgehead atoms. The average Bonchev–Trinajstić information content (AvgIpc) is 3.10. The molecule has 0 aliphatic carbocycles. The van der Waals surface area contributed by atoms with Crippen LogP contribution in [0.3, 0.4) is 0 Å². The molecule has 0 N–H and O–H groups in total. The van der Waals surface area contributed by atoms with Gasteiger partial charge in [-0.15, -0.1) is 0 Å². The van der Waals surface area contributed by atoms with E-state index in [1.54, 1.807) is 6.20 Å². The van der Waals surface area contributed by atoms with Gasteiger partial charge in [-0.3, -0.25) is 19.4 Å². The molecule has 2 fully saturated rings.